The lowest BCUT2D eigenvalue weighted by Crippen LogP contribution is -2.12. The van der Waals surface area contributed by atoms with Crippen LogP contribution in [-0.4, -0.2) is 25.7 Å². The predicted octanol–water partition coefficient (Wildman–Crippen LogP) is 3.22. The number of carbonyl (C=O) groups is 1. The van der Waals surface area contributed by atoms with Gasteiger partial charge < -0.3 is 5.32 Å². The number of rotatable bonds is 3. The first-order valence-corrected chi connectivity index (χ1v) is 6.96. The van der Waals surface area contributed by atoms with E-state index in [2.05, 4.69) is 20.5 Å². The summed E-state index contributed by atoms with van der Waals surface area (Å²) in [6, 6.07) is 8.16. The lowest BCUT2D eigenvalue weighted by atomic mass is 10.2. The Morgan fingerprint density at radius 2 is 1.86 bits per heavy atom. The normalized spacial score (nSPS) is 10.5. The van der Waals surface area contributed by atoms with Crippen molar-refractivity contribution in [2.24, 2.45) is 0 Å². The molecular formula is C14H9Cl2N5O. The number of pyridine rings is 1. The minimum atomic E-state index is -0.355. The van der Waals surface area contributed by atoms with Crippen LogP contribution in [0.4, 0.5) is 5.69 Å². The zero-order valence-electron chi connectivity index (χ0n) is 11.1. The molecule has 22 heavy (non-hydrogen) atoms. The van der Waals surface area contributed by atoms with Crippen molar-refractivity contribution in [3.8, 4) is 5.82 Å². The summed E-state index contributed by atoms with van der Waals surface area (Å²) in [5.41, 5.74) is 0.843. The first-order chi connectivity index (χ1) is 10.6. The third-order valence-corrected chi connectivity index (χ3v) is 3.43. The molecule has 0 atom stereocenters. The van der Waals surface area contributed by atoms with Crippen LogP contribution in [0, 0.1) is 0 Å². The molecule has 8 heteroatoms. The highest BCUT2D eigenvalue weighted by Crippen LogP contribution is 2.21. The quantitative estimate of drug-likeness (QED) is 0.798. The van der Waals surface area contributed by atoms with Crippen LogP contribution in [0.1, 0.15) is 10.4 Å². The minimum absolute atomic E-state index is 0.303. The van der Waals surface area contributed by atoms with Gasteiger partial charge in [-0.2, -0.15) is 0 Å². The van der Waals surface area contributed by atoms with E-state index < -0.39 is 0 Å². The molecule has 0 aliphatic carbocycles. The minimum Gasteiger partial charge on any atom is -0.321 e. The lowest BCUT2D eigenvalue weighted by molar-refractivity contribution is 0.102. The molecule has 0 aliphatic heterocycles. The first-order valence-electron chi connectivity index (χ1n) is 6.21. The van der Waals surface area contributed by atoms with Gasteiger partial charge in [0.05, 0.1) is 22.5 Å². The second kappa shape index (κ2) is 6.13. The molecule has 1 N–H and O–H groups in total. The zero-order chi connectivity index (χ0) is 15.5. The van der Waals surface area contributed by atoms with Gasteiger partial charge in [-0.1, -0.05) is 23.2 Å². The van der Waals surface area contributed by atoms with E-state index in [1.165, 1.54) is 24.9 Å². The summed E-state index contributed by atoms with van der Waals surface area (Å²) >= 11 is 11.9. The fraction of sp³-hybridized carbons (Fsp3) is 0. The van der Waals surface area contributed by atoms with Crippen molar-refractivity contribution < 1.29 is 4.79 Å². The van der Waals surface area contributed by atoms with E-state index in [-0.39, 0.29) is 5.91 Å². The molecule has 2 heterocycles. The van der Waals surface area contributed by atoms with Crippen molar-refractivity contribution in [1.82, 2.24) is 19.7 Å². The first kappa shape index (κ1) is 14.5. The molecule has 0 unspecified atom stereocenters. The van der Waals surface area contributed by atoms with Crippen LogP contribution in [-0.2, 0) is 0 Å². The number of benzene rings is 1. The van der Waals surface area contributed by atoms with E-state index in [0.717, 1.165) is 0 Å². The summed E-state index contributed by atoms with van der Waals surface area (Å²) in [5.74, 6) is 0.287. The maximum absolute atomic E-state index is 12.2. The number of hydrogen-bond donors (Lipinski definition) is 1. The van der Waals surface area contributed by atoms with Crippen LogP contribution >= 0.6 is 23.2 Å². The van der Waals surface area contributed by atoms with Gasteiger partial charge in [0.25, 0.3) is 5.91 Å². The summed E-state index contributed by atoms with van der Waals surface area (Å²) in [6.07, 6.45) is 4.60. The van der Waals surface area contributed by atoms with Gasteiger partial charge in [-0.3, -0.25) is 9.36 Å². The molecule has 3 aromatic rings. The second-order valence-electron chi connectivity index (χ2n) is 4.35. The maximum Gasteiger partial charge on any atom is 0.257 e. The lowest BCUT2D eigenvalue weighted by Gasteiger charge is -2.07. The molecule has 0 bridgehead atoms. The highest BCUT2D eigenvalue weighted by atomic mass is 35.5. The van der Waals surface area contributed by atoms with E-state index in [0.29, 0.717) is 27.1 Å². The molecule has 0 radical (unpaired) electrons. The van der Waals surface area contributed by atoms with Gasteiger partial charge in [0.15, 0.2) is 0 Å². The Hall–Kier alpha value is -2.44. The van der Waals surface area contributed by atoms with Gasteiger partial charge in [0.1, 0.15) is 18.5 Å². The molecule has 1 aromatic carbocycles. The van der Waals surface area contributed by atoms with Gasteiger partial charge in [0, 0.05) is 5.02 Å². The van der Waals surface area contributed by atoms with E-state index in [1.54, 1.807) is 28.8 Å². The highest BCUT2D eigenvalue weighted by Gasteiger charge is 2.11. The Balaban J connectivity index is 1.78. The van der Waals surface area contributed by atoms with E-state index in [4.69, 9.17) is 23.2 Å². The van der Waals surface area contributed by atoms with Crippen LogP contribution in [0.5, 0.6) is 0 Å². The number of nitrogens with zero attached hydrogens (tertiary/aromatic N) is 4. The number of halogens is 2. The molecule has 0 spiro atoms. The summed E-state index contributed by atoms with van der Waals surface area (Å²) in [4.78, 5) is 16.4. The van der Waals surface area contributed by atoms with Crippen molar-refractivity contribution in [1.29, 1.82) is 0 Å². The van der Waals surface area contributed by atoms with Crippen LogP contribution in [0.3, 0.4) is 0 Å². The summed E-state index contributed by atoms with van der Waals surface area (Å²) < 4.78 is 1.65. The van der Waals surface area contributed by atoms with E-state index in [1.807, 2.05) is 0 Å². The number of anilines is 1. The Morgan fingerprint density at radius 3 is 2.55 bits per heavy atom. The Kier molecular flexibility index (Phi) is 4.04. The number of hydrogen-bond acceptors (Lipinski definition) is 4. The van der Waals surface area contributed by atoms with Gasteiger partial charge >= 0.3 is 0 Å². The predicted molar refractivity (Wildman–Crippen MR) is 83.6 cm³/mol. The van der Waals surface area contributed by atoms with Gasteiger partial charge in [-0.05, 0) is 30.3 Å². The maximum atomic E-state index is 12.2. The second-order valence-corrected chi connectivity index (χ2v) is 5.20. The molecule has 0 aliphatic rings. The third kappa shape index (κ3) is 3.08. The monoisotopic (exact) mass is 333 g/mol. The van der Waals surface area contributed by atoms with Gasteiger partial charge in [-0.25, -0.2) is 4.98 Å². The van der Waals surface area contributed by atoms with Crippen molar-refractivity contribution in [3.63, 3.8) is 0 Å². The fourth-order valence-electron chi connectivity index (χ4n) is 1.80. The summed E-state index contributed by atoms with van der Waals surface area (Å²) in [6.45, 7) is 0. The average molecular weight is 334 g/mol. The fourth-order valence-corrected chi connectivity index (χ4v) is 2.18. The SMILES string of the molecule is O=C(Nc1ccc(-n2cnnc2)nc1)c1cc(Cl)ccc1Cl. The molecule has 1 amide bonds. The van der Waals surface area contributed by atoms with Crippen LogP contribution in [0.2, 0.25) is 10.0 Å². The number of nitrogens with one attached hydrogen (secondary N) is 1. The standard InChI is InChI=1S/C14H9Cl2N5O/c15-9-1-3-12(16)11(5-9)14(22)20-10-2-4-13(17-6-10)21-7-18-19-8-21/h1-8H,(H,20,22). The largest absolute Gasteiger partial charge is 0.321 e. The van der Waals surface area contributed by atoms with Crippen LogP contribution in [0.25, 0.3) is 5.82 Å². The van der Waals surface area contributed by atoms with Crippen molar-refractivity contribution in [3.05, 3.63) is 64.8 Å². The highest BCUT2D eigenvalue weighted by molar-refractivity contribution is 6.36. The van der Waals surface area contributed by atoms with E-state index >= 15 is 0 Å². The van der Waals surface area contributed by atoms with Gasteiger partial charge in [-0.15, -0.1) is 10.2 Å². The Bertz CT molecular complexity index is 803. The summed E-state index contributed by atoms with van der Waals surface area (Å²) in [5, 5.41) is 10.9. The van der Waals surface area contributed by atoms with Gasteiger partial charge in [0.2, 0.25) is 0 Å². The molecular weight excluding hydrogens is 325 g/mol. The molecule has 0 saturated heterocycles. The molecule has 6 nitrogen and oxygen atoms in total. The topological polar surface area (TPSA) is 72.7 Å². The Labute approximate surface area is 135 Å². The molecule has 0 fully saturated rings. The number of carbonyl (C=O) groups excluding carboxylic acids is 1. The molecule has 3 rings (SSSR count). The number of amides is 1. The van der Waals surface area contributed by atoms with Crippen molar-refractivity contribution >= 4 is 34.8 Å². The smallest absolute Gasteiger partial charge is 0.257 e. The molecule has 110 valence electrons. The zero-order valence-corrected chi connectivity index (χ0v) is 12.6. The Morgan fingerprint density at radius 1 is 1.09 bits per heavy atom. The summed E-state index contributed by atoms with van der Waals surface area (Å²) in [7, 11) is 0. The molecule has 0 saturated carbocycles. The number of aromatic nitrogens is 4. The van der Waals surface area contributed by atoms with Crippen LogP contribution in [0.15, 0.2) is 49.2 Å². The van der Waals surface area contributed by atoms with Crippen LogP contribution < -0.4 is 5.32 Å². The van der Waals surface area contributed by atoms with E-state index in [9.17, 15) is 4.79 Å². The van der Waals surface area contributed by atoms with Crippen molar-refractivity contribution in [2.45, 2.75) is 0 Å². The van der Waals surface area contributed by atoms with Crippen molar-refractivity contribution in [2.75, 3.05) is 5.32 Å². The third-order valence-electron chi connectivity index (χ3n) is 2.86. The molecule has 2 aromatic heterocycles. The average Bonchev–Trinajstić information content (AvgIpc) is 3.05.